The third-order valence-electron chi connectivity index (χ3n) is 8.02. The molecule has 2 aliphatic heterocycles. The molecule has 0 bridgehead atoms. The summed E-state index contributed by atoms with van der Waals surface area (Å²) in [7, 11) is 0. The van der Waals surface area contributed by atoms with E-state index >= 15 is 0 Å². The van der Waals surface area contributed by atoms with E-state index in [4.69, 9.17) is 9.15 Å². The maximum Gasteiger partial charge on any atom is 0.289 e. The first-order valence-corrected chi connectivity index (χ1v) is 13.3. The molecule has 0 radical (unpaired) electrons. The van der Waals surface area contributed by atoms with Gasteiger partial charge in [-0.2, -0.15) is 0 Å². The van der Waals surface area contributed by atoms with Gasteiger partial charge in [0.25, 0.3) is 11.8 Å². The van der Waals surface area contributed by atoms with Crippen LogP contribution in [0.15, 0.2) is 65.1 Å². The molecule has 1 saturated heterocycles. The highest BCUT2D eigenvalue weighted by atomic mass is 16.5. The van der Waals surface area contributed by atoms with Gasteiger partial charge in [-0.15, -0.1) is 0 Å². The van der Waals surface area contributed by atoms with Gasteiger partial charge in [0.05, 0.1) is 12.2 Å². The van der Waals surface area contributed by atoms with Crippen molar-refractivity contribution in [2.45, 2.75) is 58.4 Å². The van der Waals surface area contributed by atoms with Crippen LogP contribution in [0, 0.1) is 5.92 Å². The van der Waals surface area contributed by atoms with Crippen molar-refractivity contribution in [2.75, 3.05) is 24.6 Å². The van der Waals surface area contributed by atoms with Gasteiger partial charge in [0, 0.05) is 13.1 Å². The van der Waals surface area contributed by atoms with Gasteiger partial charge >= 0.3 is 0 Å². The first-order valence-electron chi connectivity index (χ1n) is 13.3. The van der Waals surface area contributed by atoms with E-state index in [2.05, 4.69) is 51.1 Å². The van der Waals surface area contributed by atoms with Crippen LogP contribution in [0.3, 0.4) is 0 Å². The van der Waals surface area contributed by atoms with Crippen LogP contribution in [0.4, 0.5) is 5.69 Å². The maximum atomic E-state index is 13.2. The fourth-order valence-corrected chi connectivity index (χ4v) is 5.18. The van der Waals surface area contributed by atoms with Gasteiger partial charge in [0.15, 0.2) is 12.4 Å². The summed E-state index contributed by atoms with van der Waals surface area (Å²) in [4.78, 5) is 29.6. The van der Waals surface area contributed by atoms with E-state index in [1.807, 2.05) is 23.1 Å². The van der Waals surface area contributed by atoms with Gasteiger partial charge in [-0.25, -0.2) is 0 Å². The number of ether oxygens (including phenoxy) is 1. The summed E-state index contributed by atoms with van der Waals surface area (Å²) in [5, 5.41) is 0. The third kappa shape index (κ3) is 5.43. The Balaban J connectivity index is 1.24. The standard InChI is InChI=1S/C31H36N2O4/c1-4-31(2,3)24-10-12-27-26(19-24)33(29(34)21-36-27)20-25-11-13-28(37-25)30(35)32-16-14-23(15-17-32)18-22-8-6-5-7-9-22/h5-13,19,23H,4,14-18,20-21H2,1-3H3. The monoisotopic (exact) mass is 500 g/mol. The van der Waals surface area contributed by atoms with Crippen molar-refractivity contribution in [1.29, 1.82) is 0 Å². The second-order valence-corrected chi connectivity index (χ2v) is 10.9. The second kappa shape index (κ2) is 10.4. The van der Waals surface area contributed by atoms with Gasteiger partial charge < -0.3 is 14.1 Å². The fraction of sp³-hybridized carbons (Fsp3) is 0.419. The van der Waals surface area contributed by atoms with Crippen LogP contribution in [-0.2, 0) is 23.2 Å². The molecule has 5 rings (SSSR count). The number of carbonyl (C=O) groups excluding carboxylic acids is 2. The maximum absolute atomic E-state index is 13.2. The SMILES string of the molecule is CCC(C)(C)c1ccc2c(c1)N(Cc1ccc(C(=O)N3CCC(Cc4ccccc4)CC3)o1)C(=O)CO2. The zero-order valence-corrected chi connectivity index (χ0v) is 22.0. The molecule has 194 valence electrons. The van der Waals surface area contributed by atoms with E-state index in [9.17, 15) is 9.59 Å². The lowest BCUT2D eigenvalue weighted by Crippen LogP contribution is -2.39. The second-order valence-electron chi connectivity index (χ2n) is 10.9. The molecule has 0 spiro atoms. The molecule has 6 heteroatoms. The molecule has 0 atom stereocenters. The Bertz CT molecular complexity index is 1260. The highest BCUT2D eigenvalue weighted by Gasteiger charge is 2.30. The molecule has 0 unspecified atom stereocenters. The van der Waals surface area contributed by atoms with Gasteiger partial charge in [-0.1, -0.05) is 57.2 Å². The first kappa shape index (κ1) is 25.1. The Morgan fingerprint density at radius 2 is 1.78 bits per heavy atom. The van der Waals surface area contributed by atoms with Gasteiger partial charge in [0.1, 0.15) is 11.5 Å². The molecule has 6 nitrogen and oxygen atoms in total. The summed E-state index contributed by atoms with van der Waals surface area (Å²) in [6, 6.07) is 20.1. The van der Waals surface area contributed by atoms with Crippen molar-refractivity contribution in [3.8, 4) is 5.75 Å². The molecule has 0 saturated carbocycles. The van der Waals surface area contributed by atoms with Crippen LogP contribution < -0.4 is 9.64 Å². The smallest absolute Gasteiger partial charge is 0.289 e. The molecule has 3 aromatic rings. The van der Waals surface area contributed by atoms with Crippen LogP contribution in [0.5, 0.6) is 5.75 Å². The number of piperidine rings is 1. The fourth-order valence-electron chi connectivity index (χ4n) is 5.18. The summed E-state index contributed by atoms with van der Waals surface area (Å²) in [6.07, 6.45) is 4.02. The minimum absolute atomic E-state index is 0.00601. The predicted molar refractivity (Wildman–Crippen MR) is 144 cm³/mol. The summed E-state index contributed by atoms with van der Waals surface area (Å²) in [5.41, 5.74) is 3.25. The van der Waals surface area contributed by atoms with Crippen LogP contribution in [0.2, 0.25) is 0 Å². The van der Waals surface area contributed by atoms with Crippen molar-refractivity contribution in [3.63, 3.8) is 0 Å². The van der Waals surface area contributed by atoms with Crippen molar-refractivity contribution in [1.82, 2.24) is 4.90 Å². The molecule has 0 N–H and O–H groups in total. The molecule has 2 aliphatic rings. The quantitative estimate of drug-likeness (QED) is 0.400. The van der Waals surface area contributed by atoms with Crippen molar-refractivity contribution >= 4 is 17.5 Å². The Morgan fingerprint density at radius 1 is 1.03 bits per heavy atom. The number of fused-ring (bicyclic) bond motifs is 1. The number of carbonyl (C=O) groups is 2. The Morgan fingerprint density at radius 3 is 2.51 bits per heavy atom. The highest BCUT2D eigenvalue weighted by molar-refractivity contribution is 5.98. The van der Waals surface area contributed by atoms with Gasteiger partial charge in [0.2, 0.25) is 0 Å². The molecule has 1 aromatic heterocycles. The lowest BCUT2D eigenvalue weighted by Gasteiger charge is -2.32. The van der Waals surface area contributed by atoms with Crippen molar-refractivity contribution in [3.05, 3.63) is 83.3 Å². The molecule has 1 fully saturated rings. The molecule has 2 aromatic carbocycles. The van der Waals surface area contributed by atoms with Crippen molar-refractivity contribution < 1.29 is 18.7 Å². The summed E-state index contributed by atoms with van der Waals surface area (Å²) in [5.74, 6) is 2.00. The van der Waals surface area contributed by atoms with E-state index in [1.54, 1.807) is 17.0 Å². The minimum Gasteiger partial charge on any atom is -0.482 e. The average molecular weight is 501 g/mol. The lowest BCUT2D eigenvalue weighted by molar-refractivity contribution is -0.121. The zero-order valence-electron chi connectivity index (χ0n) is 22.0. The molecule has 3 heterocycles. The number of hydrogen-bond acceptors (Lipinski definition) is 4. The number of hydrogen-bond donors (Lipinski definition) is 0. The molecule has 37 heavy (non-hydrogen) atoms. The van der Waals surface area contributed by atoms with Crippen LogP contribution in [-0.4, -0.2) is 36.4 Å². The van der Waals surface area contributed by atoms with E-state index < -0.39 is 0 Å². The van der Waals surface area contributed by atoms with Crippen molar-refractivity contribution in [2.24, 2.45) is 5.92 Å². The normalized spacial score (nSPS) is 16.5. The lowest BCUT2D eigenvalue weighted by atomic mass is 9.82. The van der Waals surface area contributed by atoms with Crippen LogP contribution in [0.25, 0.3) is 0 Å². The topological polar surface area (TPSA) is 63.0 Å². The average Bonchev–Trinajstić information content (AvgIpc) is 3.39. The highest BCUT2D eigenvalue weighted by Crippen LogP contribution is 2.38. The number of benzene rings is 2. The number of rotatable bonds is 7. The first-order chi connectivity index (χ1) is 17.8. The van der Waals surface area contributed by atoms with Crippen LogP contribution in [0.1, 0.15) is 67.5 Å². The molecular weight excluding hydrogens is 464 g/mol. The summed E-state index contributed by atoms with van der Waals surface area (Å²) >= 11 is 0. The van der Waals surface area contributed by atoms with Gasteiger partial charge in [-0.3, -0.25) is 14.5 Å². The van der Waals surface area contributed by atoms with E-state index in [0.717, 1.165) is 50.0 Å². The van der Waals surface area contributed by atoms with E-state index in [-0.39, 0.29) is 30.4 Å². The summed E-state index contributed by atoms with van der Waals surface area (Å²) in [6.45, 7) is 8.27. The van der Waals surface area contributed by atoms with E-state index in [0.29, 0.717) is 23.2 Å². The largest absolute Gasteiger partial charge is 0.482 e. The molecule has 2 amide bonds. The predicted octanol–water partition coefficient (Wildman–Crippen LogP) is 5.99. The zero-order chi connectivity index (χ0) is 26.0. The molecule has 0 aliphatic carbocycles. The Hall–Kier alpha value is -3.54. The Labute approximate surface area is 219 Å². The number of likely N-dealkylation sites (tertiary alicyclic amines) is 1. The van der Waals surface area contributed by atoms with E-state index in [1.165, 1.54) is 5.56 Å². The van der Waals surface area contributed by atoms with Gasteiger partial charge in [-0.05, 0) is 72.4 Å². The Kier molecular flexibility index (Phi) is 7.09. The number of anilines is 1. The minimum atomic E-state index is -0.122. The molecular formula is C31H36N2O4. The van der Waals surface area contributed by atoms with Crippen LogP contribution >= 0.6 is 0 Å². The third-order valence-corrected chi connectivity index (χ3v) is 8.02. The number of furan rings is 1. The summed E-state index contributed by atoms with van der Waals surface area (Å²) < 4.78 is 11.7. The number of amides is 2. The number of nitrogens with zero attached hydrogens (tertiary/aromatic N) is 2.